The van der Waals surface area contributed by atoms with Crippen molar-refractivity contribution >= 4 is 23.6 Å². The molecule has 0 saturated heterocycles. The summed E-state index contributed by atoms with van der Waals surface area (Å²) in [5, 5.41) is 3.58. The number of primary amides is 1. The van der Waals surface area contributed by atoms with Gasteiger partial charge in [0.15, 0.2) is 6.61 Å². The van der Waals surface area contributed by atoms with Gasteiger partial charge in [-0.25, -0.2) is 0 Å². The molecule has 0 aromatic heterocycles. The third kappa shape index (κ3) is 6.95. The van der Waals surface area contributed by atoms with Gasteiger partial charge >= 0.3 is 0 Å². The van der Waals surface area contributed by atoms with Crippen LogP contribution in [0.25, 0.3) is 0 Å². The van der Waals surface area contributed by atoms with E-state index >= 15 is 0 Å². The second-order valence-electron chi connectivity index (χ2n) is 5.75. The normalized spacial score (nSPS) is 15.1. The highest BCUT2D eigenvalue weighted by Gasteiger charge is 2.15. The Hall–Kier alpha value is -1.69. The Kier molecular flexibility index (Phi) is 7.26. The molecule has 0 unspecified atom stereocenters. The third-order valence-electron chi connectivity index (χ3n) is 3.80. The minimum Gasteiger partial charge on any atom is -0.484 e. The molecule has 1 aromatic rings. The van der Waals surface area contributed by atoms with Crippen molar-refractivity contribution in [2.45, 2.75) is 43.9 Å². The van der Waals surface area contributed by atoms with E-state index in [0.29, 0.717) is 23.3 Å². The number of hydrogen-bond acceptors (Lipinski definition) is 4. The molecule has 6 heteroatoms. The molecule has 2 rings (SSSR count). The molecule has 0 heterocycles. The maximum Gasteiger partial charge on any atom is 0.255 e. The van der Waals surface area contributed by atoms with Crippen molar-refractivity contribution in [2.75, 3.05) is 12.4 Å². The predicted molar refractivity (Wildman–Crippen MR) is 92.3 cm³/mol. The Balaban J connectivity index is 1.66. The maximum absolute atomic E-state index is 11.9. The number of ether oxygens (including phenoxy) is 1. The van der Waals surface area contributed by atoms with Gasteiger partial charge in [-0.15, -0.1) is 11.8 Å². The lowest BCUT2D eigenvalue weighted by Crippen LogP contribution is -2.26. The number of amides is 2. The van der Waals surface area contributed by atoms with Crippen LogP contribution in [0, 0.1) is 0 Å². The molecule has 0 atom stereocenters. The van der Waals surface area contributed by atoms with Gasteiger partial charge in [0.1, 0.15) is 5.75 Å². The number of carbonyl (C=O) groups is 2. The molecule has 0 bridgehead atoms. The summed E-state index contributed by atoms with van der Waals surface area (Å²) < 4.78 is 5.19. The Labute approximate surface area is 141 Å². The first-order valence-electron chi connectivity index (χ1n) is 8.02. The monoisotopic (exact) mass is 336 g/mol. The fourth-order valence-corrected chi connectivity index (χ4v) is 3.69. The number of hydrogen-bond donors (Lipinski definition) is 2. The number of benzene rings is 1. The van der Waals surface area contributed by atoms with E-state index in [9.17, 15) is 9.59 Å². The highest BCUT2D eigenvalue weighted by Crippen LogP contribution is 2.27. The van der Waals surface area contributed by atoms with E-state index in [2.05, 4.69) is 5.32 Å². The Morgan fingerprint density at radius 3 is 2.52 bits per heavy atom. The van der Waals surface area contributed by atoms with Crippen LogP contribution in [-0.2, 0) is 16.1 Å². The van der Waals surface area contributed by atoms with Crippen molar-refractivity contribution in [3.8, 4) is 5.75 Å². The topological polar surface area (TPSA) is 81.4 Å². The van der Waals surface area contributed by atoms with Crippen LogP contribution in [0.1, 0.15) is 37.7 Å². The van der Waals surface area contributed by atoms with Gasteiger partial charge in [-0.2, -0.15) is 0 Å². The standard InChI is InChI=1S/C17H24N2O3S/c18-16(20)11-22-14-8-6-13(7-9-14)10-19-17(21)12-23-15-4-2-1-3-5-15/h6-9,15H,1-5,10-12H2,(H2,18,20)(H,19,21). The summed E-state index contributed by atoms with van der Waals surface area (Å²) in [6.07, 6.45) is 6.41. The molecule has 1 aliphatic carbocycles. The summed E-state index contributed by atoms with van der Waals surface area (Å²) >= 11 is 1.78. The minimum absolute atomic E-state index is 0.0784. The number of nitrogens with two attached hydrogens (primary N) is 1. The van der Waals surface area contributed by atoms with Crippen molar-refractivity contribution in [1.29, 1.82) is 0 Å². The van der Waals surface area contributed by atoms with Crippen LogP contribution in [0.15, 0.2) is 24.3 Å². The zero-order valence-corrected chi connectivity index (χ0v) is 14.1. The van der Waals surface area contributed by atoms with Crippen LogP contribution >= 0.6 is 11.8 Å². The van der Waals surface area contributed by atoms with Crippen molar-refractivity contribution in [3.63, 3.8) is 0 Å². The molecule has 1 fully saturated rings. The molecular formula is C17H24N2O3S. The van der Waals surface area contributed by atoms with Gasteiger partial charge in [0.05, 0.1) is 5.75 Å². The number of rotatable bonds is 8. The van der Waals surface area contributed by atoms with Gasteiger partial charge in [0, 0.05) is 11.8 Å². The lowest BCUT2D eigenvalue weighted by molar-refractivity contribution is -0.120. The lowest BCUT2D eigenvalue weighted by Gasteiger charge is -2.20. The van der Waals surface area contributed by atoms with Crippen LogP contribution in [0.4, 0.5) is 0 Å². The van der Waals surface area contributed by atoms with E-state index in [0.717, 1.165) is 5.56 Å². The van der Waals surface area contributed by atoms with Gasteiger partial charge < -0.3 is 15.8 Å². The molecule has 5 nitrogen and oxygen atoms in total. The Morgan fingerprint density at radius 2 is 1.87 bits per heavy atom. The molecular weight excluding hydrogens is 312 g/mol. The quantitative estimate of drug-likeness (QED) is 0.763. The molecule has 126 valence electrons. The summed E-state index contributed by atoms with van der Waals surface area (Å²) in [5.74, 6) is 0.697. The molecule has 0 radical (unpaired) electrons. The van der Waals surface area contributed by atoms with Crippen LogP contribution < -0.4 is 15.8 Å². The Morgan fingerprint density at radius 1 is 1.17 bits per heavy atom. The molecule has 1 saturated carbocycles. The summed E-state index contributed by atoms with van der Waals surface area (Å²) in [4.78, 5) is 22.5. The molecule has 1 aliphatic rings. The zero-order chi connectivity index (χ0) is 16.5. The van der Waals surface area contributed by atoms with E-state index < -0.39 is 5.91 Å². The van der Waals surface area contributed by atoms with Gasteiger partial charge in [-0.05, 0) is 30.5 Å². The van der Waals surface area contributed by atoms with Gasteiger partial charge in [-0.3, -0.25) is 9.59 Å². The average Bonchev–Trinajstić information content (AvgIpc) is 2.58. The van der Waals surface area contributed by atoms with Crippen molar-refractivity contribution in [3.05, 3.63) is 29.8 Å². The van der Waals surface area contributed by atoms with E-state index in [1.165, 1.54) is 32.1 Å². The molecule has 3 N–H and O–H groups in total. The van der Waals surface area contributed by atoms with Crippen LogP contribution in [0.5, 0.6) is 5.75 Å². The Bertz CT molecular complexity index is 513. The average molecular weight is 336 g/mol. The molecule has 2 amide bonds. The molecule has 0 spiro atoms. The summed E-state index contributed by atoms with van der Waals surface area (Å²) in [6, 6.07) is 7.26. The summed E-state index contributed by atoms with van der Waals surface area (Å²) in [5.41, 5.74) is 6.01. The van der Waals surface area contributed by atoms with Crippen LogP contribution in [0.3, 0.4) is 0 Å². The number of carbonyl (C=O) groups excluding carboxylic acids is 2. The van der Waals surface area contributed by atoms with Gasteiger partial charge in [0.2, 0.25) is 5.91 Å². The van der Waals surface area contributed by atoms with Gasteiger partial charge in [-0.1, -0.05) is 31.4 Å². The van der Waals surface area contributed by atoms with Crippen molar-refractivity contribution in [2.24, 2.45) is 5.73 Å². The smallest absolute Gasteiger partial charge is 0.255 e. The first-order chi connectivity index (χ1) is 11.1. The molecule has 1 aromatic carbocycles. The van der Waals surface area contributed by atoms with Gasteiger partial charge in [0.25, 0.3) is 5.91 Å². The van der Waals surface area contributed by atoms with E-state index in [4.69, 9.17) is 10.5 Å². The maximum atomic E-state index is 11.9. The van der Waals surface area contributed by atoms with E-state index in [1.54, 1.807) is 23.9 Å². The van der Waals surface area contributed by atoms with Crippen molar-refractivity contribution < 1.29 is 14.3 Å². The first-order valence-corrected chi connectivity index (χ1v) is 9.06. The second-order valence-corrected chi connectivity index (χ2v) is 7.04. The fraction of sp³-hybridized carbons (Fsp3) is 0.529. The predicted octanol–water partition coefficient (Wildman–Crippen LogP) is 2.23. The highest BCUT2D eigenvalue weighted by molar-refractivity contribution is 8.00. The number of thioether (sulfide) groups is 1. The fourth-order valence-electron chi connectivity index (χ4n) is 2.54. The largest absolute Gasteiger partial charge is 0.484 e. The van der Waals surface area contributed by atoms with Crippen LogP contribution in [0.2, 0.25) is 0 Å². The molecule has 0 aliphatic heterocycles. The first kappa shape index (κ1) is 17.7. The third-order valence-corrected chi connectivity index (χ3v) is 5.17. The van der Waals surface area contributed by atoms with E-state index in [1.807, 2.05) is 12.1 Å². The van der Waals surface area contributed by atoms with Crippen molar-refractivity contribution in [1.82, 2.24) is 5.32 Å². The lowest BCUT2D eigenvalue weighted by atomic mass is 10.0. The summed E-state index contributed by atoms with van der Waals surface area (Å²) in [7, 11) is 0. The zero-order valence-electron chi connectivity index (χ0n) is 13.3. The number of nitrogens with one attached hydrogen (secondary N) is 1. The van der Waals surface area contributed by atoms with Crippen LogP contribution in [-0.4, -0.2) is 29.4 Å². The highest BCUT2D eigenvalue weighted by atomic mass is 32.2. The summed E-state index contributed by atoms with van der Waals surface area (Å²) in [6.45, 7) is 0.370. The SMILES string of the molecule is NC(=O)COc1ccc(CNC(=O)CSC2CCCCC2)cc1. The minimum atomic E-state index is -0.503. The second kappa shape index (κ2) is 9.45. The van der Waals surface area contributed by atoms with E-state index in [-0.39, 0.29) is 12.5 Å². The molecule has 23 heavy (non-hydrogen) atoms.